The van der Waals surface area contributed by atoms with Crippen molar-refractivity contribution < 1.29 is 0 Å². The van der Waals surface area contributed by atoms with Crippen LogP contribution < -0.4 is 5.32 Å². The molecule has 0 radical (unpaired) electrons. The summed E-state index contributed by atoms with van der Waals surface area (Å²) in [6.45, 7) is 7.71. The molecule has 1 aliphatic rings. The van der Waals surface area contributed by atoms with Gasteiger partial charge in [0.1, 0.15) is 0 Å². The second-order valence-corrected chi connectivity index (χ2v) is 2.95. The molecule has 0 saturated heterocycles. The van der Waals surface area contributed by atoms with Gasteiger partial charge in [0.05, 0.1) is 0 Å². The van der Waals surface area contributed by atoms with Crippen molar-refractivity contribution in [3.63, 3.8) is 0 Å². The molecule has 0 atom stereocenters. The Morgan fingerprint density at radius 2 is 2.15 bits per heavy atom. The highest BCUT2D eigenvalue weighted by molar-refractivity contribution is 5.40. The summed E-state index contributed by atoms with van der Waals surface area (Å²) in [5, 5.41) is 3.11. The highest BCUT2D eigenvalue weighted by atomic mass is 14.8. The molecule has 1 nitrogen and oxygen atoms in total. The highest BCUT2D eigenvalue weighted by Crippen LogP contribution is 2.18. The molecule has 0 unspecified atom stereocenters. The second kappa shape index (κ2) is 4.51. The Bertz CT molecular complexity index is 303. The third kappa shape index (κ3) is 2.48. The van der Waals surface area contributed by atoms with Gasteiger partial charge in [0.15, 0.2) is 0 Å². The van der Waals surface area contributed by atoms with E-state index in [0.717, 1.165) is 17.7 Å². The Kier molecular flexibility index (Phi) is 3.32. The van der Waals surface area contributed by atoms with E-state index in [1.165, 1.54) is 5.57 Å². The Morgan fingerprint density at radius 3 is 2.77 bits per heavy atom. The van der Waals surface area contributed by atoms with Crippen LogP contribution >= 0.6 is 0 Å². The summed E-state index contributed by atoms with van der Waals surface area (Å²) in [4.78, 5) is 0. The van der Waals surface area contributed by atoms with Crippen LogP contribution in [0, 0.1) is 0 Å². The minimum absolute atomic E-state index is 0.884. The number of allylic oxidation sites excluding steroid dienone is 7. The van der Waals surface area contributed by atoms with Gasteiger partial charge >= 0.3 is 0 Å². The first-order chi connectivity index (χ1) is 6.27. The van der Waals surface area contributed by atoms with E-state index in [9.17, 15) is 0 Å². The van der Waals surface area contributed by atoms with Gasteiger partial charge in [0.2, 0.25) is 0 Å². The third-order valence-electron chi connectivity index (χ3n) is 1.98. The molecule has 0 bridgehead atoms. The lowest BCUT2D eigenvalue weighted by Gasteiger charge is -2.07. The molecule has 0 heterocycles. The van der Waals surface area contributed by atoms with Crippen LogP contribution in [0.15, 0.2) is 60.4 Å². The van der Waals surface area contributed by atoms with Gasteiger partial charge in [-0.1, -0.05) is 43.0 Å². The number of rotatable bonds is 2. The van der Waals surface area contributed by atoms with Gasteiger partial charge in [-0.3, -0.25) is 0 Å². The molecule has 1 N–H and O–H groups in total. The second-order valence-electron chi connectivity index (χ2n) is 2.95. The lowest BCUT2D eigenvalue weighted by molar-refractivity contribution is 0.992. The van der Waals surface area contributed by atoms with Crippen LogP contribution in [0.4, 0.5) is 0 Å². The predicted molar refractivity (Wildman–Crippen MR) is 58.3 cm³/mol. The predicted octanol–water partition coefficient (Wildman–Crippen LogP) is 2.72. The monoisotopic (exact) mass is 173 g/mol. The molecule has 0 fully saturated rings. The summed E-state index contributed by atoms with van der Waals surface area (Å²) in [5.74, 6) is 0. The fraction of sp³-hybridized carbons (Fsp3) is 0.167. The first kappa shape index (κ1) is 9.59. The first-order valence-corrected chi connectivity index (χ1v) is 4.33. The summed E-state index contributed by atoms with van der Waals surface area (Å²) in [5.41, 5.74) is 3.42. The number of likely N-dealkylation sites (N-methyl/N-ethyl adjacent to an activating group) is 1. The van der Waals surface area contributed by atoms with Gasteiger partial charge in [0, 0.05) is 12.7 Å². The van der Waals surface area contributed by atoms with E-state index >= 15 is 0 Å². The molecule has 0 saturated carbocycles. The van der Waals surface area contributed by atoms with Crippen molar-refractivity contribution in [3.8, 4) is 0 Å². The minimum Gasteiger partial charge on any atom is -0.388 e. The average molecular weight is 173 g/mol. The van der Waals surface area contributed by atoms with E-state index in [2.05, 4.69) is 24.6 Å². The van der Waals surface area contributed by atoms with Gasteiger partial charge in [-0.05, 0) is 18.1 Å². The van der Waals surface area contributed by atoms with Gasteiger partial charge < -0.3 is 5.32 Å². The molecule has 68 valence electrons. The fourth-order valence-electron chi connectivity index (χ4n) is 1.30. The normalized spacial score (nSPS) is 19.6. The van der Waals surface area contributed by atoms with Gasteiger partial charge in [-0.25, -0.2) is 0 Å². The average Bonchev–Trinajstić information content (AvgIpc) is 2.32. The summed E-state index contributed by atoms with van der Waals surface area (Å²) in [6.07, 6.45) is 10.9. The molecule has 13 heavy (non-hydrogen) atoms. The molecule has 0 aromatic heterocycles. The zero-order valence-electron chi connectivity index (χ0n) is 8.01. The quantitative estimate of drug-likeness (QED) is 0.677. The summed E-state index contributed by atoms with van der Waals surface area (Å²) in [6, 6.07) is 0. The lowest BCUT2D eigenvalue weighted by Crippen LogP contribution is -2.06. The Labute approximate surface area is 79.8 Å². The minimum atomic E-state index is 0.884. The van der Waals surface area contributed by atoms with Crippen molar-refractivity contribution in [3.05, 3.63) is 60.4 Å². The van der Waals surface area contributed by atoms with Gasteiger partial charge in [0.25, 0.3) is 0 Å². The molecular weight excluding hydrogens is 158 g/mol. The van der Waals surface area contributed by atoms with Gasteiger partial charge in [-0.2, -0.15) is 0 Å². The number of hydrogen-bond donors (Lipinski definition) is 1. The summed E-state index contributed by atoms with van der Waals surface area (Å²) < 4.78 is 0. The topological polar surface area (TPSA) is 12.0 Å². The molecule has 1 rings (SSSR count). The zero-order valence-corrected chi connectivity index (χ0v) is 8.01. The number of hydrogen-bond acceptors (Lipinski definition) is 1. The van der Waals surface area contributed by atoms with Crippen molar-refractivity contribution in [2.75, 3.05) is 7.05 Å². The van der Waals surface area contributed by atoms with Crippen LogP contribution in [0.2, 0.25) is 0 Å². The molecule has 0 aliphatic heterocycles. The lowest BCUT2D eigenvalue weighted by atomic mass is 10.1. The highest BCUT2D eigenvalue weighted by Gasteiger charge is 2.02. The van der Waals surface area contributed by atoms with E-state index in [4.69, 9.17) is 0 Å². The molecule has 0 amide bonds. The summed E-state index contributed by atoms with van der Waals surface area (Å²) >= 11 is 0. The van der Waals surface area contributed by atoms with Crippen LogP contribution in [0.5, 0.6) is 0 Å². The van der Waals surface area contributed by atoms with Crippen LogP contribution in [-0.2, 0) is 0 Å². The Morgan fingerprint density at radius 1 is 1.46 bits per heavy atom. The molecular formula is C12H15N. The zero-order chi connectivity index (χ0) is 9.68. The van der Waals surface area contributed by atoms with E-state index in [-0.39, 0.29) is 0 Å². The number of nitrogens with one attached hydrogen (secondary N) is 1. The van der Waals surface area contributed by atoms with Crippen LogP contribution in [-0.4, -0.2) is 7.05 Å². The standard InChI is InChI=1S/C12H15N/c1-4-12(13-3)11-8-6-5-7-10(2)9-11/h4-8,13H,1-2,9H2,3H3/b12-11+. The van der Waals surface area contributed by atoms with E-state index in [1.807, 2.05) is 31.4 Å². The van der Waals surface area contributed by atoms with Crippen LogP contribution in [0.25, 0.3) is 0 Å². The molecule has 1 heteroatoms. The van der Waals surface area contributed by atoms with E-state index in [1.54, 1.807) is 0 Å². The van der Waals surface area contributed by atoms with Crippen LogP contribution in [0.1, 0.15) is 6.42 Å². The first-order valence-electron chi connectivity index (χ1n) is 4.33. The van der Waals surface area contributed by atoms with Crippen molar-refractivity contribution in [2.45, 2.75) is 6.42 Å². The Balaban J connectivity index is 2.98. The molecule has 0 aromatic carbocycles. The van der Waals surface area contributed by atoms with Crippen molar-refractivity contribution in [1.82, 2.24) is 5.32 Å². The molecule has 1 aliphatic carbocycles. The molecule has 0 aromatic rings. The summed E-state index contributed by atoms with van der Waals surface area (Å²) in [7, 11) is 1.90. The van der Waals surface area contributed by atoms with E-state index in [0.29, 0.717) is 0 Å². The maximum absolute atomic E-state index is 3.95. The van der Waals surface area contributed by atoms with E-state index < -0.39 is 0 Å². The maximum Gasteiger partial charge on any atom is 0.0367 e. The maximum atomic E-state index is 3.95. The smallest absolute Gasteiger partial charge is 0.0367 e. The SMILES string of the molecule is C=C/C(NC)=C1/C=CC=CC(=C)C1. The largest absolute Gasteiger partial charge is 0.388 e. The van der Waals surface area contributed by atoms with Gasteiger partial charge in [-0.15, -0.1) is 0 Å². The van der Waals surface area contributed by atoms with Crippen molar-refractivity contribution in [1.29, 1.82) is 0 Å². The van der Waals surface area contributed by atoms with Crippen molar-refractivity contribution >= 4 is 0 Å². The Hall–Kier alpha value is -1.50. The van der Waals surface area contributed by atoms with Crippen molar-refractivity contribution in [2.24, 2.45) is 0 Å². The molecule has 0 spiro atoms. The third-order valence-corrected chi connectivity index (χ3v) is 1.98. The van der Waals surface area contributed by atoms with Crippen LogP contribution in [0.3, 0.4) is 0 Å². The fourth-order valence-corrected chi connectivity index (χ4v) is 1.30.